The molecule has 1 N–H and O–H groups in total. The van der Waals surface area contributed by atoms with Crippen LogP contribution in [0.3, 0.4) is 0 Å². The number of ether oxygens (including phenoxy) is 1. The minimum absolute atomic E-state index is 0.0183. The van der Waals surface area contributed by atoms with Crippen LogP contribution in [-0.4, -0.2) is 50.6 Å². The molecule has 0 radical (unpaired) electrons. The second-order valence-electron chi connectivity index (χ2n) is 5.10. The summed E-state index contributed by atoms with van der Waals surface area (Å²) in [6, 6.07) is 3.43. The van der Waals surface area contributed by atoms with Crippen molar-refractivity contribution in [3.63, 3.8) is 0 Å². The van der Waals surface area contributed by atoms with Crippen molar-refractivity contribution < 1.29 is 13.2 Å². The van der Waals surface area contributed by atoms with Gasteiger partial charge in [-0.1, -0.05) is 6.92 Å². The van der Waals surface area contributed by atoms with Crippen LogP contribution in [0.1, 0.15) is 26.2 Å². The number of pyridine rings is 1. The maximum atomic E-state index is 12.8. The Morgan fingerprint density at radius 1 is 1.52 bits per heavy atom. The maximum absolute atomic E-state index is 12.8. The van der Waals surface area contributed by atoms with Crippen molar-refractivity contribution >= 4 is 15.7 Å². The van der Waals surface area contributed by atoms with Crippen LogP contribution in [0.5, 0.6) is 0 Å². The van der Waals surface area contributed by atoms with Crippen LogP contribution >= 0.6 is 0 Å². The molecular weight excluding hydrogens is 290 g/mol. The van der Waals surface area contributed by atoms with Gasteiger partial charge >= 0.3 is 0 Å². The first-order valence-corrected chi connectivity index (χ1v) is 8.78. The molecule has 1 aliphatic heterocycles. The van der Waals surface area contributed by atoms with Crippen LogP contribution in [-0.2, 0) is 14.8 Å². The standard InChI is InChI=1S/C14H23N3O3S/c1-3-10-20-12-6-5-9-17(11-12)21(18,19)14-13(15-2)7-4-8-16-14/h4,7-8,12,15H,3,5-6,9-11H2,1-2H3. The van der Waals surface area contributed by atoms with Crippen LogP contribution in [0, 0.1) is 0 Å². The molecule has 1 fully saturated rings. The fourth-order valence-electron chi connectivity index (χ4n) is 2.45. The minimum atomic E-state index is -3.58. The summed E-state index contributed by atoms with van der Waals surface area (Å²) in [4.78, 5) is 4.05. The number of hydrogen-bond donors (Lipinski definition) is 1. The Morgan fingerprint density at radius 2 is 2.33 bits per heavy atom. The third kappa shape index (κ3) is 3.72. The molecule has 2 heterocycles. The van der Waals surface area contributed by atoms with E-state index in [0.29, 0.717) is 25.4 Å². The van der Waals surface area contributed by atoms with E-state index in [2.05, 4.69) is 10.3 Å². The van der Waals surface area contributed by atoms with Gasteiger partial charge in [-0.2, -0.15) is 4.31 Å². The fourth-order valence-corrected chi connectivity index (χ4v) is 4.07. The molecule has 0 amide bonds. The third-order valence-electron chi connectivity index (χ3n) is 3.52. The van der Waals surface area contributed by atoms with E-state index in [4.69, 9.17) is 4.74 Å². The van der Waals surface area contributed by atoms with E-state index in [-0.39, 0.29) is 11.1 Å². The molecule has 0 saturated carbocycles. The molecule has 1 saturated heterocycles. The molecule has 7 heteroatoms. The normalized spacial score (nSPS) is 20.4. The van der Waals surface area contributed by atoms with Crippen LogP contribution in [0.2, 0.25) is 0 Å². The first-order chi connectivity index (χ1) is 10.1. The molecular formula is C14H23N3O3S. The Hall–Kier alpha value is -1.18. The Morgan fingerprint density at radius 3 is 3.05 bits per heavy atom. The Bertz CT molecular complexity index is 562. The van der Waals surface area contributed by atoms with Crippen LogP contribution in [0.25, 0.3) is 0 Å². The molecule has 118 valence electrons. The second-order valence-corrected chi connectivity index (χ2v) is 6.96. The van der Waals surface area contributed by atoms with Gasteiger partial charge in [0.1, 0.15) is 0 Å². The number of hydrogen-bond acceptors (Lipinski definition) is 5. The molecule has 1 aromatic rings. The Kier molecular flexibility index (Phi) is 5.55. The highest BCUT2D eigenvalue weighted by Gasteiger charge is 2.32. The average molecular weight is 313 g/mol. The van der Waals surface area contributed by atoms with Crippen molar-refractivity contribution in [2.75, 3.05) is 32.1 Å². The van der Waals surface area contributed by atoms with Crippen molar-refractivity contribution in [1.29, 1.82) is 0 Å². The predicted molar refractivity (Wildman–Crippen MR) is 81.8 cm³/mol. The van der Waals surface area contributed by atoms with Gasteiger partial charge in [-0.25, -0.2) is 13.4 Å². The lowest BCUT2D eigenvalue weighted by atomic mass is 10.1. The largest absolute Gasteiger partial charge is 0.386 e. The lowest BCUT2D eigenvalue weighted by Crippen LogP contribution is -2.43. The molecule has 6 nitrogen and oxygen atoms in total. The van der Waals surface area contributed by atoms with Gasteiger partial charge in [0.15, 0.2) is 5.03 Å². The van der Waals surface area contributed by atoms with E-state index in [0.717, 1.165) is 19.3 Å². The van der Waals surface area contributed by atoms with Crippen molar-refractivity contribution in [2.24, 2.45) is 0 Å². The van der Waals surface area contributed by atoms with Crippen LogP contribution < -0.4 is 5.32 Å². The van der Waals surface area contributed by atoms with Gasteiger partial charge in [0, 0.05) is 32.9 Å². The summed E-state index contributed by atoms with van der Waals surface area (Å²) < 4.78 is 32.7. The topological polar surface area (TPSA) is 71.5 Å². The molecule has 0 aromatic carbocycles. The van der Waals surface area contributed by atoms with Crippen molar-refractivity contribution in [1.82, 2.24) is 9.29 Å². The Balaban J connectivity index is 2.18. The van der Waals surface area contributed by atoms with Crippen LogP contribution in [0.4, 0.5) is 5.69 Å². The smallest absolute Gasteiger partial charge is 0.262 e. The molecule has 1 aliphatic rings. The lowest BCUT2D eigenvalue weighted by Gasteiger charge is -2.31. The average Bonchev–Trinajstić information content (AvgIpc) is 2.53. The zero-order chi connectivity index (χ0) is 15.3. The summed E-state index contributed by atoms with van der Waals surface area (Å²) in [5.74, 6) is 0. The van der Waals surface area contributed by atoms with Gasteiger partial charge in [0.05, 0.1) is 11.8 Å². The number of sulfonamides is 1. The molecule has 21 heavy (non-hydrogen) atoms. The zero-order valence-corrected chi connectivity index (χ0v) is 13.4. The Labute approximate surface area is 126 Å². The summed E-state index contributed by atoms with van der Waals surface area (Å²) in [5.41, 5.74) is 0.522. The number of rotatable bonds is 6. The van der Waals surface area contributed by atoms with E-state index < -0.39 is 10.0 Å². The quantitative estimate of drug-likeness (QED) is 0.865. The highest BCUT2D eigenvalue weighted by atomic mass is 32.2. The van der Waals surface area contributed by atoms with Crippen molar-refractivity contribution in [3.05, 3.63) is 18.3 Å². The number of nitrogens with one attached hydrogen (secondary N) is 1. The third-order valence-corrected chi connectivity index (χ3v) is 5.35. The molecule has 1 atom stereocenters. The molecule has 1 aromatic heterocycles. The minimum Gasteiger partial charge on any atom is -0.386 e. The first kappa shape index (κ1) is 16.2. The number of aromatic nitrogens is 1. The van der Waals surface area contributed by atoms with Gasteiger partial charge in [0.25, 0.3) is 10.0 Å². The van der Waals surface area contributed by atoms with Gasteiger partial charge in [0.2, 0.25) is 0 Å². The second kappa shape index (κ2) is 7.20. The first-order valence-electron chi connectivity index (χ1n) is 7.34. The summed E-state index contributed by atoms with van der Waals surface area (Å²) in [7, 11) is -1.89. The number of piperidine rings is 1. The molecule has 1 unspecified atom stereocenters. The molecule has 0 bridgehead atoms. The highest BCUT2D eigenvalue weighted by Crippen LogP contribution is 2.25. The summed E-state index contributed by atoms with van der Waals surface area (Å²) in [5, 5.41) is 2.97. The highest BCUT2D eigenvalue weighted by molar-refractivity contribution is 7.89. The van der Waals surface area contributed by atoms with Gasteiger partial charge in [-0.3, -0.25) is 0 Å². The van der Waals surface area contributed by atoms with E-state index in [1.54, 1.807) is 19.2 Å². The van der Waals surface area contributed by atoms with E-state index in [9.17, 15) is 8.42 Å². The summed E-state index contributed by atoms with van der Waals surface area (Å²) in [6.45, 7) is 3.64. The maximum Gasteiger partial charge on any atom is 0.262 e. The number of nitrogens with zero attached hydrogens (tertiary/aromatic N) is 2. The fraction of sp³-hybridized carbons (Fsp3) is 0.643. The summed E-state index contributed by atoms with van der Waals surface area (Å²) >= 11 is 0. The van der Waals surface area contributed by atoms with Crippen molar-refractivity contribution in [2.45, 2.75) is 37.3 Å². The van der Waals surface area contributed by atoms with E-state index in [1.165, 1.54) is 10.5 Å². The number of anilines is 1. The van der Waals surface area contributed by atoms with Crippen molar-refractivity contribution in [3.8, 4) is 0 Å². The molecule has 0 aliphatic carbocycles. The monoisotopic (exact) mass is 313 g/mol. The van der Waals surface area contributed by atoms with E-state index in [1.807, 2.05) is 6.92 Å². The van der Waals surface area contributed by atoms with E-state index >= 15 is 0 Å². The molecule has 0 spiro atoms. The molecule has 2 rings (SSSR count). The lowest BCUT2D eigenvalue weighted by molar-refractivity contribution is 0.0193. The van der Waals surface area contributed by atoms with Gasteiger partial charge in [-0.15, -0.1) is 0 Å². The zero-order valence-electron chi connectivity index (χ0n) is 12.6. The SMILES string of the molecule is CCCOC1CCCN(S(=O)(=O)c2ncccc2NC)C1. The predicted octanol–water partition coefficient (Wildman–Crippen LogP) is 1.70. The van der Waals surface area contributed by atoms with Crippen LogP contribution in [0.15, 0.2) is 23.4 Å². The van der Waals surface area contributed by atoms with Gasteiger partial charge in [-0.05, 0) is 31.4 Å². The summed E-state index contributed by atoms with van der Waals surface area (Å²) in [6.07, 6.45) is 4.15. The van der Waals surface area contributed by atoms with Gasteiger partial charge < -0.3 is 10.1 Å².